The Kier molecular flexibility index (Phi) is 3.07. The molecule has 2 fully saturated rings. The summed E-state index contributed by atoms with van der Waals surface area (Å²) >= 11 is 1.76. The van der Waals surface area contributed by atoms with Crippen LogP contribution in [-0.4, -0.2) is 47.4 Å². The summed E-state index contributed by atoms with van der Waals surface area (Å²) in [5.74, 6) is 0.251. The van der Waals surface area contributed by atoms with Crippen LogP contribution in [0, 0.1) is 0 Å². The summed E-state index contributed by atoms with van der Waals surface area (Å²) in [6.07, 6.45) is 5.36. The van der Waals surface area contributed by atoms with E-state index in [1.165, 1.54) is 24.3 Å². The molecule has 0 bridgehead atoms. The minimum absolute atomic E-state index is 0.251. The molecule has 1 aliphatic carbocycles. The van der Waals surface area contributed by atoms with Crippen molar-refractivity contribution in [2.24, 2.45) is 0 Å². The normalized spacial score (nSPS) is 30.4. The molecule has 4 nitrogen and oxygen atoms in total. The van der Waals surface area contributed by atoms with Crippen LogP contribution in [0.2, 0.25) is 0 Å². The van der Waals surface area contributed by atoms with Crippen molar-refractivity contribution in [1.29, 1.82) is 0 Å². The first-order chi connectivity index (χ1) is 9.72. The average Bonchev–Trinajstić information content (AvgIpc) is 3.03. The lowest BCUT2D eigenvalue weighted by Crippen LogP contribution is -2.55. The maximum Gasteiger partial charge on any atom is 0.186 e. The molecule has 2 unspecified atom stereocenters. The zero-order valence-corrected chi connectivity index (χ0v) is 12.8. The minimum atomic E-state index is 0.251. The molecular weight excluding hydrogens is 270 g/mol. The third-order valence-corrected chi connectivity index (χ3v) is 6.09. The number of piperazine rings is 1. The van der Waals surface area contributed by atoms with Gasteiger partial charge in [0.05, 0.1) is 0 Å². The predicted molar refractivity (Wildman–Crippen MR) is 80.8 cm³/mol. The molecule has 4 rings (SSSR count). The zero-order chi connectivity index (χ0) is 13.7. The Balaban J connectivity index is 1.62. The first-order valence-electron chi connectivity index (χ1n) is 7.76. The van der Waals surface area contributed by atoms with Crippen LogP contribution >= 0.6 is 11.3 Å². The number of hydrogen-bond donors (Lipinski definition) is 0. The zero-order valence-electron chi connectivity index (χ0n) is 12.0. The van der Waals surface area contributed by atoms with Crippen molar-refractivity contribution in [1.82, 2.24) is 9.88 Å². The highest BCUT2D eigenvalue weighted by atomic mass is 32.1. The van der Waals surface area contributed by atoms with Crippen LogP contribution in [0.25, 0.3) is 0 Å². The molecule has 0 spiro atoms. The number of ketones is 1. The molecule has 2 atom stereocenters. The number of anilines is 1. The van der Waals surface area contributed by atoms with Crippen LogP contribution in [0.4, 0.5) is 5.13 Å². The second-order valence-electron chi connectivity index (χ2n) is 6.34. The Morgan fingerprint density at radius 2 is 2.15 bits per heavy atom. The summed E-state index contributed by atoms with van der Waals surface area (Å²) in [6, 6.07) is 1.20. The van der Waals surface area contributed by atoms with Gasteiger partial charge in [0.15, 0.2) is 10.9 Å². The minimum Gasteiger partial charge on any atom is -0.343 e. The van der Waals surface area contributed by atoms with E-state index in [9.17, 15) is 4.79 Å². The monoisotopic (exact) mass is 291 g/mol. The van der Waals surface area contributed by atoms with Crippen LogP contribution in [-0.2, 0) is 6.42 Å². The van der Waals surface area contributed by atoms with Crippen molar-refractivity contribution in [3.05, 3.63) is 10.6 Å². The molecule has 108 valence electrons. The lowest BCUT2D eigenvalue weighted by Gasteiger charge is -2.42. The maximum absolute atomic E-state index is 12.0. The van der Waals surface area contributed by atoms with E-state index in [1.807, 2.05) is 0 Å². The van der Waals surface area contributed by atoms with E-state index < -0.39 is 0 Å². The van der Waals surface area contributed by atoms with E-state index in [0.717, 1.165) is 36.8 Å². The van der Waals surface area contributed by atoms with Crippen molar-refractivity contribution in [3.63, 3.8) is 0 Å². The molecule has 0 saturated carbocycles. The molecule has 0 aromatic carbocycles. The largest absolute Gasteiger partial charge is 0.343 e. The van der Waals surface area contributed by atoms with Crippen molar-refractivity contribution in [2.45, 2.75) is 51.1 Å². The molecule has 3 aliphatic rings. The summed E-state index contributed by atoms with van der Waals surface area (Å²) in [6.45, 7) is 5.77. The molecule has 1 aromatic heterocycles. The van der Waals surface area contributed by atoms with Crippen molar-refractivity contribution < 1.29 is 4.79 Å². The number of carbonyl (C=O) groups excluding carboxylic acids is 1. The first-order valence-corrected chi connectivity index (χ1v) is 8.57. The molecule has 2 aliphatic heterocycles. The van der Waals surface area contributed by atoms with E-state index >= 15 is 0 Å². The highest BCUT2D eigenvalue weighted by Gasteiger charge is 2.36. The highest BCUT2D eigenvalue weighted by molar-refractivity contribution is 7.16. The Morgan fingerprint density at radius 3 is 3.00 bits per heavy atom. The molecule has 20 heavy (non-hydrogen) atoms. The Morgan fingerprint density at radius 1 is 1.25 bits per heavy atom. The van der Waals surface area contributed by atoms with Gasteiger partial charge in [-0.1, -0.05) is 0 Å². The molecule has 2 saturated heterocycles. The fraction of sp³-hybridized carbons (Fsp3) is 0.733. The summed E-state index contributed by atoms with van der Waals surface area (Å²) in [5.41, 5.74) is 0.775. The molecule has 0 radical (unpaired) electrons. The highest BCUT2D eigenvalue weighted by Crippen LogP contribution is 2.35. The number of aromatic nitrogens is 1. The van der Waals surface area contributed by atoms with E-state index in [0.29, 0.717) is 18.5 Å². The lowest BCUT2D eigenvalue weighted by molar-refractivity contribution is 0.0968. The number of rotatable bonds is 1. The van der Waals surface area contributed by atoms with Gasteiger partial charge in [0.25, 0.3) is 0 Å². The Bertz CT molecular complexity index is 541. The van der Waals surface area contributed by atoms with Gasteiger partial charge in [-0.3, -0.25) is 9.69 Å². The summed E-state index contributed by atoms with van der Waals surface area (Å²) < 4.78 is 0. The smallest absolute Gasteiger partial charge is 0.186 e. The molecule has 0 amide bonds. The fourth-order valence-corrected chi connectivity index (χ4v) is 5.06. The SMILES string of the molecule is CC1CN2CCCC2CN1c1nc2c(s1)CCCC2=O. The standard InChI is InChI=1S/C15H21N3OS/c1-10-8-17-7-3-4-11(17)9-18(10)15-16-14-12(19)5-2-6-13(14)20-15/h10-11H,2-9H2,1H3. The average molecular weight is 291 g/mol. The van der Waals surface area contributed by atoms with Crippen LogP contribution in [0.1, 0.15) is 48.0 Å². The second kappa shape index (κ2) is 4.81. The van der Waals surface area contributed by atoms with E-state index in [-0.39, 0.29) is 5.78 Å². The van der Waals surface area contributed by atoms with Crippen molar-refractivity contribution in [2.75, 3.05) is 24.5 Å². The summed E-state index contributed by atoms with van der Waals surface area (Å²) in [7, 11) is 0. The van der Waals surface area contributed by atoms with Crippen LogP contribution in [0.5, 0.6) is 0 Å². The summed E-state index contributed by atoms with van der Waals surface area (Å²) in [4.78, 5) is 23.0. The van der Waals surface area contributed by atoms with Gasteiger partial charge in [-0.25, -0.2) is 4.98 Å². The number of hydrogen-bond acceptors (Lipinski definition) is 5. The van der Waals surface area contributed by atoms with Gasteiger partial charge in [0, 0.05) is 36.5 Å². The van der Waals surface area contributed by atoms with Gasteiger partial charge in [0.2, 0.25) is 0 Å². The molecular formula is C15H21N3OS. The number of Topliss-reactive ketones (excluding diaryl/α,β-unsaturated/α-hetero) is 1. The van der Waals surface area contributed by atoms with Gasteiger partial charge in [-0.15, -0.1) is 11.3 Å². The third kappa shape index (κ3) is 1.99. The van der Waals surface area contributed by atoms with Crippen LogP contribution in [0.15, 0.2) is 0 Å². The van der Waals surface area contributed by atoms with E-state index in [2.05, 4.69) is 16.7 Å². The van der Waals surface area contributed by atoms with Crippen LogP contribution in [0.3, 0.4) is 0 Å². The number of carbonyl (C=O) groups is 1. The van der Waals surface area contributed by atoms with Gasteiger partial charge in [0.1, 0.15) is 5.69 Å². The Hall–Kier alpha value is -0.940. The topological polar surface area (TPSA) is 36.4 Å². The van der Waals surface area contributed by atoms with E-state index in [4.69, 9.17) is 4.98 Å². The summed E-state index contributed by atoms with van der Waals surface area (Å²) in [5, 5.41) is 1.09. The van der Waals surface area contributed by atoms with Gasteiger partial charge >= 0.3 is 0 Å². The fourth-order valence-electron chi connectivity index (χ4n) is 3.83. The Labute approximate surface area is 123 Å². The van der Waals surface area contributed by atoms with Crippen LogP contribution < -0.4 is 4.90 Å². The number of aryl methyl sites for hydroxylation is 1. The van der Waals surface area contributed by atoms with Gasteiger partial charge in [-0.05, 0) is 39.2 Å². The van der Waals surface area contributed by atoms with Gasteiger partial charge in [-0.2, -0.15) is 0 Å². The predicted octanol–water partition coefficient (Wildman–Crippen LogP) is 2.33. The van der Waals surface area contributed by atoms with Gasteiger partial charge < -0.3 is 4.90 Å². The van der Waals surface area contributed by atoms with Crippen molar-refractivity contribution >= 4 is 22.3 Å². The number of thiazole rings is 1. The lowest BCUT2D eigenvalue weighted by atomic mass is 10.0. The molecule has 0 N–H and O–H groups in total. The third-order valence-electron chi connectivity index (χ3n) is 4.94. The first kappa shape index (κ1) is 12.8. The molecule has 3 heterocycles. The van der Waals surface area contributed by atoms with E-state index in [1.54, 1.807) is 11.3 Å². The maximum atomic E-state index is 12.0. The second-order valence-corrected chi connectivity index (χ2v) is 7.40. The molecule has 5 heteroatoms. The number of fused-ring (bicyclic) bond motifs is 2. The quantitative estimate of drug-likeness (QED) is 0.796. The number of nitrogens with zero attached hydrogens (tertiary/aromatic N) is 3. The molecule has 1 aromatic rings. The van der Waals surface area contributed by atoms with Crippen molar-refractivity contribution in [3.8, 4) is 0 Å².